The maximum Gasteiger partial charge on any atom is 0.262 e. The molecule has 9 heteroatoms. The summed E-state index contributed by atoms with van der Waals surface area (Å²) in [5.74, 6) is -1.16. The summed E-state index contributed by atoms with van der Waals surface area (Å²) in [5.41, 5.74) is 2.62. The van der Waals surface area contributed by atoms with Gasteiger partial charge in [-0.3, -0.25) is 19.3 Å². The number of fused-ring (bicyclic) bond motifs is 2. The highest BCUT2D eigenvalue weighted by Gasteiger charge is 2.36. The van der Waals surface area contributed by atoms with Gasteiger partial charge >= 0.3 is 0 Å². The molecule has 0 radical (unpaired) electrons. The van der Waals surface area contributed by atoms with Crippen LogP contribution in [0, 0.1) is 5.82 Å². The van der Waals surface area contributed by atoms with Crippen LogP contribution in [0.2, 0.25) is 0 Å². The van der Waals surface area contributed by atoms with E-state index in [9.17, 15) is 18.8 Å². The number of aromatic nitrogens is 3. The molecule has 4 aromatic rings. The Morgan fingerprint density at radius 2 is 1.64 bits per heavy atom. The quantitative estimate of drug-likeness (QED) is 0.462. The number of nitrogens with one attached hydrogen (secondary N) is 1. The van der Waals surface area contributed by atoms with Crippen LogP contribution in [-0.4, -0.2) is 50.2 Å². The maximum atomic E-state index is 13.4. The van der Waals surface area contributed by atoms with Crippen LogP contribution in [0.25, 0.3) is 22.6 Å². The van der Waals surface area contributed by atoms with Gasteiger partial charge < -0.3 is 9.88 Å². The zero-order valence-corrected chi connectivity index (χ0v) is 17.4. The van der Waals surface area contributed by atoms with E-state index in [1.807, 2.05) is 10.6 Å². The van der Waals surface area contributed by atoms with Gasteiger partial charge in [-0.1, -0.05) is 12.1 Å². The van der Waals surface area contributed by atoms with Crippen molar-refractivity contribution >= 4 is 28.9 Å². The molecule has 1 N–H and O–H groups in total. The van der Waals surface area contributed by atoms with Crippen molar-refractivity contribution in [1.82, 2.24) is 24.8 Å². The summed E-state index contributed by atoms with van der Waals surface area (Å²) in [7, 11) is 0. The smallest absolute Gasteiger partial charge is 0.262 e. The van der Waals surface area contributed by atoms with Gasteiger partial charge in [0, 0.05) is 24.8 Å². The van der Waals surface area contributed by atoms with Gasteiger partial charge in [0.25, 0.3) is 11.8 Å². The summed E-state index contributed by atoms with van der Waals surface area (Å²) in [6.45, 7) is 0.201. The van der Waals surface area contributed by atoms with Gasteiger partial charge in [0.2, 0.25) is 5.91 Å². The standard InChI is InChI=1S/C24H18FN5O3/c25-16-9-7-15(8-10-16)21-28-19-6-3-11-27-22(19)29(21)13-12-26-20(31)14-30-23(32)17-4-1-2-5-18(17)24(30)33/h1-11H,12-14H2,(H,26,31). The number of rotatable bonds is 6. The minimum Gasteiger partial charge on any atom is -0.353 e. The van der Waals surface area contributed by atoms with E-state index in [0.717, 1.165) is 4.90 Å². The van der Waals surface area contributed by atoms with Crippen LogP contribution >= 0.6 is 0 Å². The summed E-state index contributed by atoms with van der Waals surface area (Å²) in [5, 5.41) is 2.75. The fourth-order valence-electron chi connectivity index (χ4n) is 3.88. The second-order valence-electron chi connectivity index (χ2n) is 7.53. The van der Waals surface area contributed by atoms with Crippen molar-refractivity contribution in [1.29, 1.82) is 0 Å². The molecule has 2 aromatic heterocycles. The van der Waals surface area contributed by atoms with Crippen LogP contribution in [0.5, 0.6) is 0 Å². The molecule has 164 valence electrons. The first-order chi connectivity index (χ1) is 16.0. The van der Waals surface area contributed by atoms with Crippen molar-refractivity contribution in [3.05, 3.63) is 83.8 Å². The number of amides is 3. The molecule has 0 atom stereocenters. The zero-order valence-electron chi connectivity index (χ0n) is 17.4. The number of hydrogen-bond acceptors (Lipinski definition) is 5. The fourth-order valence-corrected chi connectivity index (χ4v) is 3.88. The van der Waals surface area contributed by atoms with Gasteiger partial charge in [0.05, 0.1) is 11.1 Å². The van der Waals surface area contributed by atoms with E-state index in [0.29, 0.717) is 40.2 Å². The number of carbonyl (C=O) groups is 3. The average molecular weight is 443 g/mol. The van der Waals surface area contributed by atoms with E-state index in [1.54, 1.807) is 48.7 Å². The summed E-state index contributed by atoms with van der Waals surface area (Å²) in [6, 6.07) is 16.1. The van der Waals surface area contributed by atoms with Crippen molar-refractivity contribution in [2.45, 2.75) is 6.54 Å². The van der Waals surface area contributed by atoms with E-state index in [2.05, 4.69) is 15.3 Å². The molecule has 3 amide bonds. The Hall–Kier alpha value is -4.40. The van der Waals surface area contributed by atoms with Crippen LogP contribution in [0.4, 0.5) is 4.39 Å². The van der Waals surface area contributed by atoms with Crippen LogP contribution in [0.3, 0.4) is 0 Å². The molecule has 0 unspecified atom stereocenters. The number of benzene rings is 2. The van der Waals surface area contributed by atoms with Crippen LogP contribution in [-0.2, 0) is 11.3 Å². The molecule has 0 saturated carbocycles. The van der Waals surface area contributed by atoms with E-state index >= 15 is 0 Å². The number of carbonyl (C=O) groups excluding carboxylic acids is 3. The van der Waals surface area contributed by atoms with E-state index < -0.39 is 17.7 Å². The van der Waals surface area contributed by atoms with E-state index in [-0.39, 0.29) is 18.9 Å². The van der Waals surface area contributed by atoms with Crippen molar-refractivity contribution in [2.75, 3.05) is 13.1 Å². The molecule has 3 heterocycles. The molecule has 1 aliphatic heterocycles. The summed E-state index contributed by atoms with van der Waals surface area (Å²) in [4.78, 5) is 47.3. The molecule has 0 saturated heterocycles. The fraction of sp³-hybridized carbons (Fsp3) is 0.125. The molecule has 2 aromatic carbocycles. The predicted molar refractivity (Wildman–Crippen MR) is 118 cm³/mol. The number of hydrogen-bond donors (Lipinski definition) is 1. The Bertz CT molecular complexity index is 1360. The Balaban J connectivity index is 1.29. The minimum absolute atomic E-state index is 0.220. The van der Waals surface area contributed by atoms with Crippen molar-refractivity contribution in [3.63, 3.8) is 0 Å². The van der Waals surface area contributed by atoms with E-state index in [1.165, 1.54) is 12.1 Å². The van der Waals surface area contributed by atoms with Crippen LogP contribution in [0.1, 0.15) is 20.7 Å². The van der Waals surface area contributed by atoms with Crippen molar-refractivity contribution in [3.8, 4) is 11.4 Å². The summed E-state index contributed by atoms with van der Waals surface area (Å²) >= 11 is 0. The number of pyridine rings is 1. The topological polar surface area (TPSA) is 97.2 Å². The maximum absolute atomic E-state index is 13.4. The van der Waals surface area contributed by atoms with Crippen molar-refractivity contribution in [2.24, 2.45) is 0 Å². The first-order valence-electron chi connectivity index (χ1n) is 10.3. The molecular formula is C24H18FN5O3. The van der Waals surface area contributed by atoms with Gasteiger partial charge in [-0.25, -0.2) is 14.4 Å². The average Bonchev–Trinajstić information content (AvgIpc) is 3.31. The molecule has 5 rings (SSSR count). The van der Waals surface area contributed by atoms with Gasteiger partial charge in [-0.15, -0.1) is 0 Å². The van der Waals surface area contributed by atoms with Gasteiger partial charge in [0.15, 0.2) is 5.65 Å². The zero-order chi connectivity index (χ0) is 22.9. The molecular weight excluding hydrogens is 425 g/mol. The number of imidazole rings is 1. The largest absolute Gasteiger partial charge is 0.353 e. The first kappa shape index (κ1) is 20.5. The highest BCUT2D eigenvalue weighted by molar-refractivity contribution is 6.22. The highest BCUT2D eigenvalue weighted by Crippen LogP contribution is 2.24. The predicted octanol–water partition coefficient (Wildman–Crippen LogP) is 2.65. The summed E-state index contributed by atoms with van der Waals surface area (Å²) in [6.07, 6.45) is 1.65. The second kappa shape index (κ2) is 8.27. The minimum atomic E-state index is -0.478. The van der Waals surface area contributed by atoms with Crippen LogP contribution < -0.4 is 5.32 Å². The second-order valence-corrected chi connectivity index (χ2v) is 7.53. The molecule has 0 bridgehead atoms. The summed E-state index contributed by atoms with van der Waals surface area (Å²) < 4.78 is 15.2. The lowest BCUT2D eigenvalue weighted by molar-refractivity contribution is -0.121. The van der Waals surface area contributed by atoms with Gasteiger partial charge in [-0.2, -0.15) is 0 Å². The number of nitrogens with zero attached hydrogens (tertiary/aromatic N) is 4. The number of halogens is 1. The lowest BCUT2D eigenvalue weighted by Gasteiger charge is -2.14. The Labute approximate surface area is 187 Å². The molecule has 33 heavy (non-hydrogen) atoms. The molecule has 0 aliphatic carbocycles. The van der Waals surface area contributed by atoms with Gasteiger partial charge in [-0.05, 0) is 48.5 Å². The lowest BCUT2D eigenvalue weighted by atomic mass is 10.1. The third-order valence-electron chi connectivity index (χ3n) is 5.44. The van der Waals surface area contributed by atoms with Crippen molar-refractivity contribution < 1.29 is 18.8 Å². The molecule has 1 aliphatic rings. The first-order valence-corrected chi connectivity index (χ1v) is 10.3. The monoisotopic (exact) mass is 443 g/mol. The molecule has 0 fully saturated rings. The Morgan fingerprint density at radius 1 is 0.939 bits per heavy atom. The van der Waals surface area contributed by atoms with Gasteiger partial charge in [0.1, 0.15) is 23.7 Å². The highest BCUT2D eigenvalue weighted by atomic mass is 19.1. The third-order valence-corrected chi connectivity index (χ3v) is 5.44. The SMILES string of the molecule is O=C(CN1C(=O)c2ccccc2C1=O)NCCn1c(-c2ccc(F)cc2)nc2cccnc21. The van der Waals surface area contributed by atoms with Crippen LogP contribution in [0.15, 0.2) is 66.9 Å². The Kier molecular flexibility index (Phi) is 5.14. The van der Waals surface area contributed by atoms with E-state index in [4.69, 9.17) is 0 Å². The lowest BCUT2D eigenvalue weighted by Crippen LogP contribution is -2.41. The third kappa shape index (κ3) is 3.73. The normalized spacial score (nSPS) is 12.9. The number of imide groups is 1. The Morgan fingerprint density at radius 3 is 2.33 bits per heavy atom. The molecule has 0 spiro atoms. The molecule has 8 nitrogen and oxygen atoms in total.